The standard InChI is InChI=1S/C52H53N5O10/c1-32(2)42(48(60)64-3)54-51(63)56-40-20-11-10-19-39(40)52(50(56)62)41(47(59)53-36-21-23-37(24-22-36)55-25-28-65-29-26-55)44-49(61)67-45(34-15-8-5-9-16-34)43(33-13-6-4-7-14-33)57(44)46(52)35-17-12-18-38(31-35)66-30-27-58/h4-24,31-32,41-46,58H,25-30H2,1-3H3,(H,53,59)(H,54,63). The van der Waals surface area contributed by atoms with E-state index in [0.29, 0.717) is 54.4 Å². The molecule has 9 rings (SSSR count). The summed E-state index contributed by atoms with van der Waals surface area (Å²) in [6, 6.07) is 34.5. The maximum atomic E-state index is 16.4. The predicted molar refractivity (Wildman–Crippen MR) is 248 cm³/mol. The van der Waals surface area contributed by atoms with Gasteiger partial charge >= 0.3 is 18.0 Å². The van der Waals surface area contributed by atoms with E-state index in [4.69, 9.17) is 18.9 Å². The molecule has 15 nitrogen and oxygen atoms in total. The number of fused-ring (bicyclic) bond motifs is 3. The molecular formula is C52H53N5O10. The lowest BCUT2D eigenvalue weighted by atomic mass is 9.65. The average molecular weight is 908 g/mol. The van der Waals surface area contributed by atoms with Crippen molar-refractivity contribution >= 4 is 46.8 Å². The first-order chi connectivity index (χ1) is 32.6. The van der Waals surface area contributed by atoms with Gasteiger partial charge in [-0.2, -0.15) is 0 Å². The van der Waals surface area contributed by atoms with Gasteiger partial charge in [0.05, 0.1) is 50.6 Å². The number of imide groups is 1. The summed E-state index contributed by atoms with van der Waals surface area (Å²) in [4.78, 5) is 80.6. The number of hydrogen-bond donors (Lipinski definition) is 3. The summed E-state index contributed by atoms with van der Waals surface area (Å²) in [7, 11) is 1.22. The van der Waals surface area contributed by atoms with Crippen LogP contribution in [0.5, 0.6) is 5.75 Å². The second-order valence-corrected chi connectivity index (χ2v) is 17.4. The molecule has 0 aromatic heterocycles. The number of hydrogen-bond acceptors (Lipinski definition) is 12. The van der Waals surface area contributed by atoms with Crippen LogP contribution < -0.4 is 25.2 Å². The van der Waals surface area contributed by atoms with Gasteiger partial charge < -0.3 is 39.6 Å². The van der Waals surface area contributed by atoms with Crippen LogP contribution in [-0.2, 0) is 38.8 Å². The van der Waals surface area contributed by atoms with E-state index in [1.165, 1.54) is 7.11 Å². The lowest BCUT2D eigenvalue weighted by Crippen LogP contribution is -2.57. The Labute approximate surface area is 388 Å². The maximum absolute atomic E-state index is 16.4. The number of nitrogens with one attached hydrogen (secondary N) is 2. The molecule has 4 amide bonds. The van der Waals surface area contributed by atoms with Gasteiger partial charge in [0.2, 0.25) is 11.8 Å². The van der Waals surface area contributed by atoms with Crippen LogP contribution >= 0.6 is 0 Å². The lowest BCUT2D eigenvalue weighted by molar-refractivity contribution is -0.177. The quantitative estimate of drug-likeness (QED) is 0.123. The second kappa shape index (κ2) is 19.0. The highest BCUT2D eigenvalue weighted by atomic mass is 16.6. The zero-order valence-electron chi connectivity index (χ0n) is 37.4. The normalized spacial score (nSPS) is 23.9. The average Bonchev–Trinajstić information content (AvgIpc) is 3.82. The zero-order valence-corrected chi connectivity index (χ0v) is 37.4. The number of cyclic esters (lactones) is 1. The van der Waals surface area contributed by atoms with E-state index in [1.54, 1.807) is 68.4 Å². The number of amides is 4. The van der Waals surface area contributed by atoms with E-state index in [9.17, 15) is 14.7 Å². The molecule has 3 saturated heterocycles. The van der Waals surface area contributed by atoms with Gasteiger partial charge in [-0.05, 0) is 70.6 Å². The van der Waals surface area contributed by atoms with Crippen LogP contribution in [-0.4, -0.2) is 98.5 Å². The molecule has 4 heterocycles. The van der Waals surface area contributed by atoms with Crippen LogP contribution in [0.3, 0.4) is 0 Å². The zero-order chi connectivity index (χ0) is 46.8. The highest BCUT2D eigenvalue weighted by Crippen LogP contribution is 2.66. The maximum Gasteiger partial charge on any atom is 0.329 e. The number of carbonyl (C=O) groups excluding carboxylic acids is 5. The molecule has 0 bridgehead atoms. The third-order valence-electron chi connectivity index (χ3n) is 13.3. The van der Waals surface area contributed by atoms with Crippen LogP contribution in [0.2, 0.25) is 0 Å². The van der Waals surface area contributed by atoms with Gasteiger partial charge in [0.1, 0.15) is 36.0 Å². The number of nitrogens with zero attached hydrogens (tertiary/aromatic N) is 3. The number of aliphatic hydroxyl groups excluding tert-OH is 1. The molecule has 15 heteroatoms. The molecule has 3 fully saturated rings. The van der Waals surface area contributed by atoms with Crippen molar-refractivity contribution < 1.29 is 48.0 Å². The summed E-state index contributed by atoms with van der Waals surface area (Å²) in [5.74, 6) is -4.50. The van der Waals surface area contributed by atoms with Crippen molar-refractivity contribution in [1.29, 1.82) is 0 Å². The molecule has 7 unspecified atom stereocenters. The van der Waals surface area contributed by atoms with E-state index in [1.807, 2.05) is 83.8 Å². The highest BCUT2D eigenvalue weighted by Gasteiger charge is 2.75. The van der Waals surface area contributed by atoms with Crippen molar-refractivity contribution in [1.82, 2.24) is 10.2 Å². The van der Waals surface area contributed by atoms with Crippen LogP contribution in [0.4, 0.5) is 21.9 Å². The van der Waals surface area contributed by atoms with Crippen molar-refractivity contribution in [3.63, 3.8) is 0 Å². The number of aliphatic hydroxyl groups is 1. The number of benzene rings is 5. The fourth-order valence-electron chi connectivity index (χ4n) is 10.4. The molecule has 1 spiro atoms. The monoisotopic (exact) mass is 907 g/mol. The third-order valence-corrected chi connectivity index (χ3v) is 13.3. The minimum absolute atomic E-state index is 0.0249. The Bertz CT molecular complexity index is 2620. The van der Waals surface area contributed by atoms with Gasteiger partial charge in [-0.15, -0.1) is 0 Å². The molecule has 5 aromatic rings. The first-order valence-corrected chi connectivity index (χ1v) is 22.6. The first-order valence-electron chi connectivity index (χ1n) is 22.6. The van der Waals surface area contributed by atoms with Gasteiger partial charge in [-0.3, -0.25) is 19.3 Å². The Hall–Kier alpha value is -7.07. The molecule has 0 saturated carbocycles. The van der Waals surface area contributed by atoms with E-state index < -0.39 is 77.3 Å². The summed E-state index contributed by atoms with van der Waals surface area (Å²) < 4.78 is 23.1. The summed E-state index contributed by atoms with van der Waals surface area (Å²) in [5.41, 5.74) is 1.74. The molecule has 3 N–H and O–H groups in total. The summed E-state index contributed by atoms with van der Waals surface area (Å²) in [6.45, 7) is 5.80. The molecular weight excluding hydrogens is 855 g/mol. The van der Waals surface area contributed by atoms with Crippen LogP contribution in [0, 0.1) is 11.8 Å². The molecule has 0 aliphatic carbocycles. The number of urea groups is 1. The van der Waals surface area contributed by atoms with Crippen LogP contribution in [0.15, 0.2) is 133 Å². The summed E-state index contributed by atoms with van der Waals surface area (Å²) in [5, 5.41) is 15.6. The van der Waals surface area contributed by atoms with E-state index in [0.717, 1.165) is 16.2 Å². The smallest absolute Gasteiger partial charge is 0.329 e. The predicted octanol–water partition coefficient (Wildman–Crippen LogP) is 6.11. The van der Waals surface area contributed by atoms with E-state index in [2.05, 4.69) is 15.5 Å². The lowest BCUT2D eigenvalue weighted by Gasteiger charge is -2.46. The van der Waals surface area contributed by atoms with Gasteiger partial charge in [-0.25, -0.2) is 14.5 Å². The number of para-hydroxylation sites is 1. The number of morpholine rings is 2. The van der Waals surface area contributed by atoms with Crippen LogP contribution in [0.1, 0.15) is 54.3 Å². The van der Waals surface area contributed by atoms with Crippen molar-refractivity contribution in [3.05, 3.63) is 156 Å². The Morgan fingerprint density at radius 3 is 2.13 bits per heavy atom. The number of rotatable bonds is 12. The number of carbonyl (C=O) groups is 5. The Kier molecular flexibility index (Phi) is 12.8. The van der Waals surface area contributed by atoms with Crippen LogP contribution in [0.25, 0.3) is 0 Å². The summed E-state index contributed by atoms with van der Waals surface area (Å²) in [6.07, 6.45) is -0.923. The fourth-order valence-corrected chi connectivity index (χ4v) is 10.4. The van der Waals surface area contributed by atoms with Gasteiger partial charge in [0, 0.05) is 24.5 Å². The number of anilines is 3. The van der Waals surface area contributed by atoms with Crippen molar-refractivity contribution in [3.8, 4) is 5.75 Å². The highest BCUT2D eigenvalue weighted by molar-refractivity contribution is 6.25. The Balaban J connectivity index is 1.29. The van der Waals surface area contributed by atoms with E-state index >= 15 is 14.4 Å². The molecule has 346 valence electrons. The van der Waals surface area contributed by atoms with Gasteiger partial charge in [-0.1, -0.05) is 105 Å². The van der Waals surface area contributed by atoms with Crippen molar-refractivity contribution in [2.75, 3.05) is 61.7 Å². The first kappa shape index (κ1) is 45.1. The molecule has 0 radical (unpaired) electrons. The largest absolute Gasteiger partial charge is 0.491 e. The number of methoxy groups -OCH3 is 1. The van der Waals surface area contributed by atoms with E-state index in [-0.39, 0.29) is 18.9 Å². The SMILES string of the molecule is COC(=O)C(NC(=O)N1C(=O)C2(c3ccccc31)C(C(=O)Nc1ccc(N3CCOCC3)cc1)C1C(=O)OC(c3ccccc3)C(c3ccccc3)N1C2c1cccc(OCCO)c1)C(C)C. The molecule has 5 aromatic carbocycles. The third kappa shape index (κ3) is 8.06. The minimum Gasteiger partial charge on any atom is -0.491 e. The second-order valence-electron chi connectivity index (χ2n) is 17.4. The van der Waals surface area contributed by atoms with Crippen molar-refractivity contribution in [2.45, 2.75) is 49.5 Å². The molecule has 4 aliphatic heterocycles. The topological polar surface area (TPSA) is 176 Å². The molecule has 7 atom stereocenters. The van der Waals surface area contributed by atoms with Gasteiger partial charge in [0.15, 0.2) is 0 Å². The van der Waals surface area contributed by atoms with Gasteiger partial charge in [0.25, 0.3) is 0 Å². The minimum atomic E-state index is -2.03. The molecule has 67 heavy (non-hydrogen) atoms. The number of esters is 2. The fraction of sp³-hybridized carbons (Fsp3) is 0.327. The Morgan fingerprint density at radius 2 is 1.46 bits per heavy atom. The number of ether oxygens (including phenoxy) is 4. The molecule has 4 aliphatic rings. The Morgan fingerprint density at radius 1 is 0.806 bits per heavy atom. The summed E-state index contributed by atoms with van der Waals surface area (Å²) >= 11 is 0. The van der Waals surface area contributed by atoms with Crippen molar-refractivity contribution in [2.24, 2.45) is 11.8 Å².